The first-order valence-electron chi connectivity index (χ1n) is 7.96. The topological polar surface area (TPSA) is 54.7 Å². The van der Waals surface area contributed by atoms with Gasteiger partial charge in [-0.1, -0.05) is 23.7 Å². The number of nitrogens with one attached hydrogen (secondary N) is 1. The Balaban J connectivity index is 0.00000225. The Kier molecular flexibility index (Phi) is 7.52. The van der Waals surface area contributed by atoms with E-state index in [0.717, 1.165) is 35.2 Å². The van der Waals surface area contributed by atoms with E-state index in [1.165, 1.54) is 0 Å². The van der Waals surface area contributed by atoms with Crippen LogP contribution in [0.2, 0.25) is 5.02 Å². The molecule has 0 bridgehead atoms. The van der Waals surface area contributed by atoms with Crippen molar-refractivity contribution in [2.45, 2.75) is 12.6 Å². The van der Waals surface area contributed by atoms with Crippen molar-refractivity contribution in [3.63, 3.8) is 0 Å². The van der Waals surface area contributed by atoms with E-state index in [0.29, 0.717) is 13.2 Å². The van der Waals surface area contributed by atoms with Crippen molar-refractivity contribution in [2.75, 3.05) is 26.7 Å². The lowest BCUT2D eigenvalue weighted by Crippen LogP contribution is -2.47. The Labute approximate surface area is 170 Å². The molecule has 1 aliphatic rings. The van der Waals surface area contributed by atoms with Crippen molar-refractivity contribution in [3.05, 3.63) is 52.8 Å². The quantitative estimate of drug-likeness (QED) is 0.421. The maximum absolute atomic E-state index is 5.93. The van der Waals surface area contributed by atoms with Gasteiger partial charge in [0.15, 0.2) is 5.96 Å². The molecule has 0 spiro atoms. The highest BCUT2D eigenvalue weighted by Gasteiger charge is 2.25. The van der Waals surface area contributed by atoms with Crippen LogP contribution >= 0.6 is 35.6 Å². The van der Waals surface area contributed by atoms with Gasteiger partial charge in [0.2, 0.25) is 0 Å². The second-order valence-corrected chi connectivity index (χ2v) is 6.22. The number of nitrogens with zero attached hydrogens (tertiary/aromatic N) is 4. The monoisotopic (exact) mass is 475 g/mol. The van der Waals surface area contributed by atoms with Crippen LogP contribution in [0.25, 0.3) is 0 Å². The molecule has 8 heteroatoms. The molecule has 1 N–H and O–H groups in total. The molecule has 3 rings (SSSR count). The van der Waals surface area contributed by atoms with Crippen LogP contribution < -0.4 is 5.32 Å². The molecule has 1 saturated heterocycles. The molecule has 1 aromatic carbocycles. The second kappa shape index (κ2) is 9.40. The molecule has 1 aliphatic heterocycles. The van der Waals surface area contributed by atoms with Gasteiger partial charge in [-0.15, -0.1) is 24.0 Å². The molecule has 25 heavy (non-hydrogen) atoms. The van der Waals surface area contributed by atoms with Gasteiger partial charge >= 0.3 is 0 Å². The molecule has 0 amide bonds. The average Bonchev–Trinajstić information content (AvgIpc) is 3.04. The Hall–Kier alpha value is -1.32. The zero-order valence-corrected chi connectivity index (χ0v) is 17.4. The van der Waals surface area contributed by atoms with Crippen LogP contribution in [-0.4, -0.2) is 47.4 Å². The van der Waals surface area contributed by atoms with Crippen LogP contribution in [0.4, 0.5) is 0 Å². The summed E-state index contributed by atoms with van der Waals surface area (Å²) in [5.41, 5.74) is 2.26. The Bertz CT molecular complexity index is 703. The minimum atomic E-state index is 0. The number of aliphatic imine (C=N–C) groups is 1. The highest BCUT2D eigenvalue weighted by atomic mass is 127. The van der Waals surface area contributed by atoms with Crippen LogP contribution in [-0.2, 0) is 18.3 Å². The Morgan fingerprint density at radius 1 is 1.40 bits per heavy atom. The van der Waals surface area contributed by atoms with Gasteiger partial charge in [-0.25, -0.2) is 0 Å². The third kappa shape index (κ3) is 5.32. The predicted molar refractivity (Wildman–Crippen MR) is 111 cm³/mol. The summed E-state index contributed by atoms with van der Waals surface area (Å²) in [5.74, 6) is 0.877. The highest BCUT2D eigenvalue weighted by Crippen LogP contribution is 2.21. The van der Waals surface area contributed by atoms with Gasteiger partial charge in [0.25, 0.3) is 0 Å². The van der Waals surface area contributed by atoms with Gasteiger partial charge in [-0.2, -0.15) is 5.10 Å². The molecule has 0 radical (unpaired) electrons. The predicted octanol–water partition coefficient (Wildman–Crippen LogP) is 2.84. The summed E-state index contributed by atoms with van der Waals surface area (Å²) in [4.78, 5) is 6.63. The lowest BCUT2D eigenvalue weighted by Gasteiger charge is -2.34. The summed E-state index contributed by atoms with van der Waals surface area (Å²) in [7, 11) is 3.72. The Morgan fingerprint density at radius 2 is 2.16 bits per heavy atom. The number of hydrogen-bond acceptors (Lipinski definition) is 3. The van der Waals surface area contributed by atoms with E-state index in [4.69, 9.17) is 16.3 Å². The standard InChI is InChI=1S/C17H22ClN5O.HI/c1-19-17(20-9-13-3-5-15(18)6-4-13)23-7-8-24-16(12-23)14-10-21-22(2)11-14;/h3-6,10-11,16H,7-9,12H2,1-2H3,(H,19,20);1H. The van der Waals surface area contributed by atoms with Crippen molar-refractivity contribution in [3.8, 4) is 0 Å². The molecule has 1 unspecified atom stereocenters. The van der Waals surface area contributed by atoms with Gasteiger partial charge in [0.1, 0.15) is 6.10 Å². The first-order chi connectivity index (χ1) is 11.7. The fraction of sp³-hybridized carbons (Fsp3) is 0.412. The normalized spacial score (nSPS) is 18.0. The van der Waals surface area contributed by atoms with E-state index in [9.17, 15) is 0 Å². The van der Waals surface area contributed by atoms with Crippen LogP contribution in [0, 0.1) is 0 Å². The molecule has 2 heterocycles. The smallest absolute Gasteiger partial charge is 0.194 e. The van der Waals surface area contributed by atoms with Crippen LogP contribution in [0.5, 0.6) is 0 Å². The number of guanidine groups is 1. The summed E-state index contributed by atoms with van der Waals surface area (Å²) in [6, 6.07) is 7.82. The van der Waals surface area contributed by atoms with Crippen molar-refractivity contribution in [1.29, 1.82) is 0 Å². The number of morpholine rings is 1. The molecule has 6 nitrogen and oxygen atoms in total. The van der Waals surface area contributed by atoms with Gasteiger partial charge < -0.3 is 15.0 Å². The van der Waals surface area contributed by atoms with Crippen LogP contribution in [0.15, 0.2) is 41.7 Å². The summed E-state index contributed by atoms with van der Waals surface area (Å²) >= 11 is 5.93. The van der Waals surface area contributed by atoms with E-state index in [1.807, 2.05) is 43.7 Å². The lowest BCUT2D eigenvalue weighted by molar-refractivity contribution is -0.00805. The maximum atomic E-state index is 5.93. The van der Waals surface area contributed by atoms with Crippen molar-refractivity contribution in [2.24, 2.45) is 12.0 Å². The average molecular weight is 476 g/mol. The lowest BCUT2D eigenvalue weighted by atomic mass is 10.1. The van der Waals surface area contributed by atoms with Gasteiger partial charge in [-0.05, 0) is 17.7 Å². The molecule has 1 aromatic heterocycles. The fourth-order valence-corrected chi connectivity index (χ4v) is 2.89. The number of aryl methyl sites for hydroxylation is 1. The first kappa shape index (κ1) is 20.0. The molecule has 0 aliphatic carbocycles. The molecule has 1 atom stereocenters. The van der Waals surface area contributed by atoms with Crippen molar-refractivity contribution >= 4 is 41.5 Å². The number of benzene rings is 1. The summed E-state index contributed by atoms with van der Waals surface area (Å²) in [6.45, 7) is 2.95. The first-order valence-corrected chi connectivity index (χ1v) is 8.33. The van der Waals surface area contributed by atoms with Gasteiger partial charge in [0, 0.05) is 44.0 Å². The molecule has 0 saturated carbocycles. The van der Waals surface area contributed by atoms with E-state index in [-0.39, 0.29) is 30.1 Å². The van der Waals surface area contributed by atoms with E-state index in [1.54, 1.807) is 11.7 Å². The number of hydrogen-bond donors (Lipinski definition) is 1. The fourth-order valence-electron chi connectivity index (χ4n) is 2.77. The van der Waals surface area contributed by atoms with Crippen LogP contribution in [0.1, 0.15) is 17.2 Å². The third-order valence-electron chi connectivity index (χ3n) is 4.04. The van der Waals surface area contributed by atoms with E-state index >= 15 is 0 Å². The minimum Gasteiger partial charge on any atom is -0.370 e. The number of aromatic nitrogens is 2. The molecular formula is C17H23ClIN5O. The zero-order valence-electron chi connectivity index (χ0n) is 14.4. The van der Waals surface area contributed by atoms with Crippen molar-refractivity contribution in [1.82, 2.24) is 20.0 Å². The largest absolute Gasteiger partial charge is 0.370 e. The van der Waals surface area contributed by atoms with Gasteiger partial charge in [0.05, 0.1) is 19.3 Å². The summed E-state index contributed by atoms with van der Waals surface area (Å²) < 4.78 is 7.68. The van der Waals surface area contributed by atoms with Crippen molar-refractivity contribution < 1.29 is 4.74 Å². The van der Waals surface area contributed by atoms with Crippen LogP contribution in [0.3, 0.4) is 0 Å². The summed E-state index contributed by atoms with van der Waals surface area (Å²) in [5, 5.41) is 8.38. The highest BCUT2D eigenvalue weighted by molar-refractivity contribution is 14.0. The van der Waals surface area contributed by atoms with E-state index < -0.39 is 0 Å². The number of rotatable bonds is 3. The maximum Gasteiger partial charge on any atom is 0.194 e. The SMILES string of the molecule is CN=C(NCc1ccc(Cl)cc1)N1CCOC(c2cnn(C)c2)C1.I. The summed E-state index contributed by atoms with van der Waals surface area (Å²) in [6.07, 6.45) is 3.87. The molecule has 136 valence electrons. The minimum absolute atomic E-state index is 0. The second-order valence-electron chi connectivity index (χ2n) is 5.78. The molecule has 2 aromatic rings. The zero-order chi connectivity index (χ0) is 16.9. The Morgan fingerprint density at radius 3 is 2.80 bits per heavy atom. The number of ether oxygens (including phenoxy) is 1. The number of halogens is 2. The third-order valence-corrected chi connectivity index (χ3v) is 4.29. The van der Waals surface area contributed by atoms with Gasteiger partial charge in [-0.3, -0.25) is 9.67 Å². The molecule has 1 fully saturated rings. The van der Waals surface area contributed by atoms with E-state index in [2.05, 4.69) is 20.3 Å². The molecular weight excluding hydrogens is 453 g/mol.